The van der Waals surface area contributed by atoms with E-state index >= 15 is 0 Å². The highest BCUT2D eigenvalue weighted by Gasteiger charge is 2.03. The zero-order chi connectivity index (χ0) is 12.1. The molecule has 2 rings (SSSR count). The molecule has 0 fully saturated rings. The smallest absolute Gasteiger partial charge is 0.224 e. The lowest BCUT2D eigenvalue weighted by Crippen LogP contribution is -2.24. The Hall–Kier alpha value is -2.10. The van der Waals surface area contributed by atoms with E-state index < -0.39 is 0 Å². The number of carbonyl (C=O) groups is 1. The minimum Gasteiger partial charge on any atom is -0.367 e. The maximum Gasteiger partial charge on any atom is 0.224 e. The predicted molar refractivity (Wildman–Crippen MR) is 62.7 cm³/mol. The van der Waals surface area contributed by atoms with E-state index in [1.807, 2.05) is 6.07 Å². The van der Waals surface area contributed by atoms with E-state index in [9.17, 15) is 9.18 Å². The van der Waals surface area contributed by atoms with Crippen LogP contribution in [0.3, 0.4) is 0 Å². The van der Waals surface area contributed by atoms with Gasteiger partial charge in [0.2, 0.25) is 5.91 Å². The normalized spacial score (nSPS) is 10.2. The van der Waals surface area contributed by atoms with Crippen LogP contribution in [-0.2, 0) is 17.8 Å². The van der Waals surface area contributed by atoms with E-state index in [1.54, 1.807) is 24.5 Å². The number of carbonyl (C=O) groups excluding carboxylic acids is 1. The number of nitrogens with one attached hydrogen (secondary N) is 2. The van der Waals surface area contributed by atoms with E-state index in [0.717, 1.165) is 11.1 Å². The van der Waals surface area contributed by atoms with Gasteiger partial charge in [0, 0.05) is 18.9 Å². The number of rotatable bonds is 4. The van der Waals surface area contributed by atoms with Crippen molar-refractivity contribution >= 4 is 5.91 Å². The first kappa shape index (κ1) is 11.4. The summed E-state index contributed by atoms with van der Waals surface area (Å²) in [5.74, 6) is -0.318. The average Bonchev–Trinajstić information content (AvgIpc) is 2.81. The van der Waals surface area contributed by atoms with Crippen LogP contribution < -0.4 is 5.32 Å². The molecule has 1 aromatic carbocycles. The lowest BCUT2D eigenvalue weighted by Gasteiger charge is -2.04. The van der Waals surface area contributed by atoms with Crippen LogP contribution in [0.1, 0.15) is 11.1 Å². The molecule has 0 atom stereocenters. The number of H-pyrrole nitrogens is 1. The molecule has 0 spiro atoms. The summed E-state index contributed by atoms with van der Waals surface area (Å²) in [6.45, 7) is 0.420. The average molecular weight is 232 g/mol. The largest absolute Gasteiger partial charge is 0.367 e. The Morgan fingerprint density at radius 2 is 1.94 bits per heavy atom. The second-order valence-corrected chi connectivity index (χ2v) is 3.80. The standard InChI is InChI=1S/C13H13FN2O/c14-12-3-1-10(2-4-12)9-16-13(17)7-11-5-6-15-8-11/h1-6,8,15H,7,9H2,(H,16,17). The van der Waals surface area contributed by atoms with E-state index in [4.69, 9.17) is 0 Å². The molecule has 0 aliphatic carbocycles. The van der Waals surface area contributed by atoms with Crippen LogP contribution in [0.5, 0.6) is 0 Å². The zero-order valence-electron chi connectivity index (χ0n) is 9.24. The van der Waals surface area contributed by atoms with Crippen molar-refractivity contribution in [3.63, 3.8) is 0 Å². The number of aromatic amines is 1. The summed E-state index contributed by atoms with van der Waals surface area (Å²) >= 11 is 0. The van der Waals surface area contributed by atoms with Crippen molar-refractivity contribution in [2.75, 3.05) is 0 Å². The van der Waals surface area contributed by atoms with Gasteiger partial charge in [-0.2, -0.15) is 0 Å². The van der Waals surface area contributed by atoms with Gasteiger partial charge in [-0.15, -0.1) is 0 Å². The van der Waals surface area contributed by atoms with Gasteiger partial charge < -0.3 is 10.3 Å². The molecule has 0 aliphatic rings. The number of amides is 1. The second kappa shape index (κ2) is 5.30. The van der Waals surface area contributed by atoms with Crippen LogP contribution in [0.2, 0.25) is 0 Å². The van der Waals surface area contributed by atoms with Gasteiger partial charge in [0.1, 0.15) is 5.82 Å². The summed E-state index contributed by atoms with van der Waals surface area (Å²) in [5, 5.41) is 2.78. The van der Waals surface area contributed by atoms with Crippen molar-refractivity contribution in [3.05, 3.63) is 59.7 Å². The highest BCUT2D eigenvalue weighted by Crippen LogP contribution is 2.03. The molecule has 17 heavy (non-hydrogen) atoms. The quantitative estimate of drug-likeness (QED) is 0.832. The van der Waals surface area contributed by atoms with Crippen molar-refractivity contribution in [1.29, 1.82) is 0 Å². The molecule has 1 amide bonds. The predicted octanol–water partition coefficient (Wildman–Crippen LogP) is 2.01. The molecule has 0 radical (unpaired) electrons. The van der Waals surface area contributed by atoms with Gasteiger partial charge in [-0.1, -0.05) is 12.1 Å². The van der Waals surface area contributed by atoms with Gasteiger partial charge in [-0.05, 0) is 29.3 Å². The van der Waals surface area contributed by atoms with E-state index in [-0.39, 0.29) is 11.7 Å². The minimum atomic E-state index is -0.271. The molecular weight excluding hydrogens is 219 g/mol. The zero-order valence-corrected chi connectivity index (χ0v) is 9.24. The second-order valence-electron chi connectivity index (χ2n) is 3.80. The summed E-state index contributed by atoms with van der Waals surface area (Å²) in [6, 6.07) is 7.94. The van der Waals surface area contributed by atoms with Crippen LogP contribution in [0, 0.1) is 5.82 Å². The molecule has 2 aromatic rings. The maximum atomic E-state index is 12.6. The Kier molecular flexibility index (Phi) is 3.55. The van der Waals surface area contributed by atoms with Crippen LogP contribution >= 0.6 is 0 Å². The van der Waals surface area contributed by atoms with Gasteiger partial charge in [-0.3, -0.25) is 4.79 Å². The van der Waals surface area contributed by atoms with Gasteiger partial charge in [0.05, 0.1) is 6.42 Å². The lowest BCUT2D eigenvalue weighted by atomic mass is 10.2. The molecule has 1 aromatic heterocycles. The number of halogens is 1. The van der Waals surface area contributed by atoms with E-state index in [0.29, 0.717) is 13.0 Å². The van der Waals surface area contributed by atoms with Crippen LogP contribution in [-0.4, -0.2) is 10.9 Å². The lowest BCUT2D eigenvalue weighted by molar-refractivity contribution is -0.120. The Balaban J connectivity index is 1.82. The molecule has 1 heterocycles. The molecule has 0 aliphatic heterocycles. The molecule has 0 saturated carbocycles. The molecule has 88 valence electrons. The van der Waals surface area contributed by atoms with E-state index in [2.05, 4.69) is 10.3 Å². The van der Waals surface area contributed by atoms with Gasteiger partial charge >= 0.3 is 0 Å². The highest BCUT2D eigenvalue weighted by molar-refractivity contribution is 5.78. The van der Waals surface area contributed by atoms with Gasteiger partial charge in [0.25, 0.3) is 0 Å². The number of hydrogen-bond donors (Lipinski definition) is 2. The molecule has 3 nitrogen and oxygen atoms in total. The van der Waals surface area contributed by atoms with Crippen molar-refractivity contribution in [3.8, 4) is 0 Å². The van der Waals surface area contributed by atoms with E-state index in [1.165, 1.54) is 12.1 Å². The number of aromatic nitrogens is 1. The minimum absolute atomic E-state index is 0.0473. The van der Waals surface area contributed by atoms with Crippen molar-refractivity contribution < 1.29 is 9.18 Å². The summed E-state index contributed by atoms with van der Waals surface area (Å²) < 4.78 is 12.6. The fourth-order valence-electron chi connectivity index (χ4n) is 1.52. The highest BCUT2D eigenvalue weighted by atomic mass is 19.1. The summed E-state index contributed by atoms with van der Waals surface area (Å²) in [4.78, 5) is 14.4. The monoisotopic (exact) mass is 232 g/mol. The number of hydrogen-bond acceptors (Lipinski definition) is 1. The first-order valence-electron chi connectivity index (χ1n) is 5.37. The summed E-state index contributed by atoms with van der Waals surface area (Å²) in [7, 11) is 0. The fourth-order valence-corrected chi connectivity index (χ4v) is 1.52. The van der Waals surface area contributed by atoms with Crippen molar-refractivity contribution in [1.82, 2.24) is 10.3 Å². The van der Waals surface area contributed by atoms with Crippen molar-refractivity contribution in [2.24, 2.45) is 0 Å². The van der Waals surface area contributed by atoms with Gasteiger partial charge in [0.15, 0.2) is 0 Å². The third kappa shape index (κ3) is 3.45. The molecule has 2 N–H and O–H groups in total. The third-order valence-corrected chi connectivity index (χ3v) is 2.43. The first-order chi connectivity index (χ1) is 8.24. The maximum absolute atomic E-state index is 12.6. The summed E-state index contributed by atoms with van der Waals surface area (Å²) in [6.07, 6.45) is 3.92. The van der Waals surface area contributed by atoms with Crippen molar-refractivity contribution in [2.45, 2.75) is 13.0 Å². The molecular formula is C13H13FN2O. The Morgan fingerprint density at radius 1 is 1.18 bits per heavy atom. The van der Waals surface area contributed by atoms with Gasteiger partial charge in [-0.25, -0.2) is 4.39 Å². The fraction of sp³-hybridized carbons (Fsp3) is 0.154. The first-order valence-corrected chi connectivity index (χ1v) is 5.37. The topological polar surface area (TPSA) is 44.9 Å². The van der Waals surface area contributed by atoms with Crippen LogP contribution in [0.25, 0.3) is 0 Å². The van der Waals surface area contributed by atoms with Crippen LogP contribution in [0.15, 0.2) is 42.7 Å². The molecule has 0 unspecified atom stereocenters. The third-order valence-electron chi connectivity index (χ3n) is 2.43. The van der Waals surface area contributed by atoms with Crippen LogP contribution in [0.4, 0.5) is 4.39 Å². The number of benzene rings is 1. The molecule has 0 saturated heterocycles. The Bertz CT molecular complexity index is 477. The SMILES string of the molecule is O=C(Cc1cc[nH]c1)NCc1ccc(F)cc1. The molecule has 0 bridgehead atoms. The Morgan fingerprint density at radius 3 is 2.59 bits per heavy atom. The summed E-state index contributed by atoms with van der Waals surface area (Å²) in [5.41, 5.74) is 1.83. The Labute approximate surface area is 98.7 Å². The molecule has 4 heteroatoms.